The minimum absolute atomic E-state index is 0.101. The van der Waals surface area contributed by atoms with Crippen LogP contribution in [0.5, 0.6) is 0 Å². The predicted molar refractivity (Wildman–Crippen MR) is 90.7 cm³/mol. The number of quaternary nitrogens is 1. The molecule has 24 heavy (non-hydrogen) atoms. The van der Waals surface area contributed by atoms with Gasteiger partial charge >= 0.3 is 0 Å². The van der Waals surface area contributed by atoms with Crippen molar-refractivity contribution in [3.8, 4) is 0 Å². The Hall–Kier alpha value is -2.21. The van der Waals surface area contributed by atoms with Crippen molar-refractivity contribution in [2.75, 3.05) is 23.3 Å². The average molecular weight is 330 g/mol. The largest absolute Gasteiger partial charge is 0.326 e. The molecule has 0 aliphatic carbocycles. The molecule has 1 unspecified atom stereocenters. The van der Waals surface area contributed by atoms with Crippen LogP contribution >= 0.6 is 0 Å². The van der Waals surface area contributed by atoms with Gasteiger partial charge in [-0.3, -0.25) is 14.4 Å². The number of nitrogens with one attached hydrogen (secondary N) is 2. The Bertz CT molecular complexity index is 656. The van der Waals surface area contributed by atoms with Crippen molar-refractivity contribution < 1.29 is 19.3 Å². The molecule has 1 aromatic carbocycles. The molecular weight excluding hydrogens is 306 g/mol. The van der Waals surface area contributed by atoms with Crippen molar-refractivity contribution in [2.45, 2.75) is 39.2 Å². The zero-order valence-electron chi connectivity index (χ0n) is 14.2. The summed E-state index contributed by atoms with van der Waals surface area (Å²) >= 11 is 0. The molecule has 6 heteroatoms. The summed E-state index contributed by atoms with van der Waals surface area (Å²) in [5, 5.41) is 2.68. The van der Waals surface area contributed by atoms with Crippen LogP contribution < -0.4 is 15.1 Å². The maximum Gasteiger partial charge on any atom is 0.292 e. The molecule has 3 atom stereocenters. The fourth-order valence-electron chi connectivity index (χ4n) is 3.77. The van der Waals surface area contributed by atoms with E-state index in [1.54, 1.807) is 24.3 Å². The van der Waals surface area contributed by atoms with Crippen LogP contribution in [0.1, 0.15) is 33.1 Å². The highest BCUT2D eigenvalue weighted by Crippen LogP contribution is 2.24. The van der Waals surface area contributed by atoms with Crippen LogP contribution in [0.15, 0.2) is 24.3 Å². The first kappa shape index (κ1) is 16.6. The third-order valence-electron chi connectivity index (χ3n) is 4.89. The number of hydrogen-bond donors (Lipinski definition) is 2. The van der Waals surface area contributed by atoms with E-state index in [-0.39, 0.29) is 30.2 Å². The van der Waals surface area contributed by atoms with E-state index in [4.69, 9.17) is 0 Å². The third-order valence-corrected chi connectivity index (χ3v) is 4.89. The van der Waals surface area contributed by atoms with Crippen molar-refractivity contribution in [3.05, 3.63) is 24.3 Å². The minimum Gasteiger partial charge on any atom is -0.326 e. The Morgan fingerprint density at radius 1 is 1.25 bits per heavy atom. The molecule has 1 aromatic rings. The van der Waals surface area contributed by atoms with Crippen molar-refractivity contribution in [3.63, 3.8) is 0 Å². The molecule has 2 aliphatic rings. The van der Waals surface area contributed by atoms with Crippen LogP contribution in [0.3, 0.4) is 0 Å². The van der Waals surface area contributed by atoms with E-state index in [0.717, 1.165) is 19.5 Å². The van der Waals surface area contributed by atoms with Crippen LogP contribution in [-0.4, -0.2) is 36.9 Å². The van der Waals surface area contributed by atoms with Crippen molar-refractivity contribution in [2.24, 2.45) is 5.92 Å². The number of piperidine rings is 1. The van der Waals surface area contributed by atoms with Gasteiger partial charge < -0.3 is 10.2 Å². The van der Waals surface area contributed by atoms with Gasteiger partial charge in [-0.05, 0) is 37.1 Å². The fraction of sp³-hybridized carbons (Fsp3) is 0.500. The minimum atomic E-state index is -0.254. The third kappa shape index (κ3) is 3.33. The van der Waals surface area contributed by atoms with E-state index >= 15 is 0 Å². The number of likely N-dealkylation sites (tertiary alicyclic amines) is 1. The summed E-state index contributed by atoms with van der Waals surface area (Å²) in [6, 6.07) is 6.58. The summed E-state index contributed by atoms with van der Waals surface area (Å²) in [5.41, 5.74) is 1.23. The zero-order valence-corrected chi connectivity index (χ0v) is 14.2. The number of imide groups is 1. The van der Waals surface area contributed by atoms with Gasteiger partial charge in [0.1, 0.15) is 0 Å². The summed E-state index contributed by atoms with van der Waals surface area (Å²) in [7, 11) is 0. The molecule has 0 bridgehead atoms. The van der Waals surface area contributed by atoms with Crippen LogP contribution in [0.25, 0.3) is 0 Å². The molecule has 0 aromatic heterocycles. The van der Waals surface area contributed by atoms with E-state index in [0.29, 0.717) is 17.3 Å². The fourth-order valence-corrected chi connectivity index (χ4v) is 3.77. The summed E-state index contributed by atoms with van der Waals surface area (Å²) in [4.78, 5) is 38.8. The SMILES string of the molecule is CC(=O)Nc1ccc(N2C(=O)C[C@@H]([NH+]3CCC[C@H](C)C3)C2=O)cc1. The number of benzene rings is 1. The van der Waals surface area contributed by atoms with Gasteiger partial charge in [-0.25, -0.2) is 4.90 Å². The monoisotopic (exact) mass is 330 g/mol. The Balaban J connectivity index is 1.75. The number of nitrogens with zero attached hydrogens (tertiary/aromatic N) is 1. The highest BCUT2D eigenvalue weighted by Gasteiger charge is 2.46. The first-order valence-electron chi connectivity index (χ1n) is 8.54. The molecule has 2 saturated heterocycles. The molecule has 0 saturated carbocycles. The molecule has 128 valence electrons. The summed E-state index contributed by atoms with van der Waals surface area (Å²) in [6.07, 6.45) is 2.60. The maximum absolute atomic E-state index is 12.8. The van der Waals surface area contributed by atoms with Gasteiger partial charge in [0.15, 0.2) is 6.04 Å². The van der Waals surface area contributed by atoms with Gasteiger partial charge in [0.05, 0.1) is 25.2 Å². The molecule has 3 rings (SSSR count). The molecule has 3 amide bonds. The lowest BCUT2D eigenvalue weighted by Crippen LogP contribution is -3.18. The second-order valence-electron chi connectivity index (χ2n) is 6.91. The molecule has 0 radical (unpaired) electrons. The van der Waals surface area contributed by atoms with Gasteiger partial charge in [-0.2, -0.15) is 0 Å². The molecule has 2 heterocycles. The van der Waals surface area contributed by atoms with Crippen molar-refractivity contribution >= 4 is 29.1 Å². The predicted octanol–water partition coefficient (Wildman–Crippen LogP) is 0.592. The number of rotatable bonds is 3. The number of anilines is 2. The normalized spacial score (nSPS) is 27.4. The Kier molecular flexibility index (Phi) is 4.66. The lowest BCUT2D eigenvalue weighted by atomic mass is 9.98. The topological polar surface area (TPSA) is 70.9 Å². The molecule has 2 aliphatic heterocycles. The Labute approximate surface area is 141 Å². The summed E-state index contributed by atoms with van der Waals surface area (Å²) < 4.78 is 0. The Morgan fingerprint density at radius 2 is 1.96 bits per heavy atom. The van der Waals surface area contributed by atoms with Crippen LogP contribution in [0.4, 0.5) is 11.4 Å². The smallest absolute Gasteiger partial charge is 0.292 e. The summed E-state index contributed by atoms with van der Waals surface area (Å²) in [5.74, 6) is 0.209. The van der Waals surface area contributed by atoms with E-state index < -0.39 is 0 Å². The van der Waals surface area contributed by atoms with Crippen molar-refractivity contribution in [1.29, 1.82) is 0 Å². The van der Waals surface area contributed by atoms with Gasteiger partial charge in [-0.15, -0.1) is 0 Å². The molecule has 6 nitrogen and oxygen atoms in total. The first-order valence-corrected chi connectivity index (χ1v) is 8.54. The maximum atomic E-state index is 12.8. The Morgan fingerprint density at radius 3 is 2.58 bits per heavy atom. The lowest BCUT2D eigenvalue weighted by Gasteiger charge is -2.31. The number of carbonyl (C=O) groups is 3. The second-order valence-corrected chi connectivity index (χ2v) is 6.91. The molecular formula is C18H24N3O3+. The number of hydrogen-bond acceptors (Lipinski definition) is 3. The molecule has 2 fully saturated rings. The number of carbonyl (C=O) groups excluding carboxylic acids is 3. The molecule has 2 N–H and O–H groups in total. The lowest BCUT2D eigenvalue weighted by molar-refractivity contribution is -0.923. The quantitative estimate of drug-likeness (QED) is 0.797. The number of amides is 3. The van der Waals surface area contributed by atoms with E-state index in [1.165, 1.54) is 23.1 Å². The van der Waals surface area contributed by atoms with Gasteiger partial charge in [0, 0.05) is 18.5 Å². The van der Waals surface area contributed by atoms with Gasteiger partial charge in [0.25, 0.3) is 5.91 Å². The second kappa shape index (κ2) is 6.73. The highest BCUT2D eigenvalue weighted by molar-refractivity contribution is 6.21. The standard InChI is InChI=1S/C18H23N3O3/c1-12-4-3-9-20(11-12)16-10-17(23)21(18(16)24)15-7-5-14(6-8-15)19-13(2)22/h5-8,12,16H,3-4,9-11H2,1-2H3,(H,19,22)/p+1/t12-,16+/m0/s1. The van der Waals surface area contributed by atoms with Crippen LogP contribution in [0, 0.1) is 5.92 Å². The van der Waals surface area contributed by atoms with Crippen LogP contribution in [-0.2, 0) is 14.4 Å². The molecule has 0 spiro atoms. The van der Waals surface area contributed by atoms with E-state index in [9.17, 15) is 14.4 Å². The first-order chi connectivity index (χ1) is 11.5. The highest BCUT2D eigenvalue weighted by atomic mass is 16.2. The summed E-state index contributed by atoms with van der Waals surface area (Å²) in [6.45, 7) is 5.57. The van der Waals surface area contributed by atoms with Gasteiger partial charge in [-0.1, -0.05) is 6.92 Å². The van der Waals surface area contributed by atoms with E-state index in [2.05, 4.69) is 12.2 Å². The van der Waals surface area contributed by atoms with Crippen LogP contribution in [0.2, 0.25) is 0 Å². The van der Waals surface area contributed by atoms with Gasteiger partial charge in [0.2, 0.25) is 11.8 Å². The van der Waals surface area contributed by atoms with E-state index in [1.807, 2.05) is 0 Å². The zero-order chi connectivity index (χ0) is 17.3. The average Bonchev–Trinajstić information content (AvgIpc) is 2.83. The van der Waals surface area contributed by atoms with Crippen molar-refractivity contribution in [1.82, 2.24) is 0 Å².